The lowest BCUT2D eigenvalue weighted by Crippen LogP contribution is -2.29. The zero-order valence-electron chi connectivity index (χ0n) is 19.1. The highest BCUT2D eigenvalue weighted by Crippen LogP contribution is 2.43. The fourth-order valence-electron chi connectivity index (χ4n) is 4.27. The van der Waals surface area contributed by atoms with Crippen molar-refractivity contribution in [1.82, 2.24) is 25.3 Å². The van der Waals surface area contributed by atoms with Crippen LogP contribution in [0.3, 0.4) is 0 Å². The maximum Gasteiger partial charge on any atom is 0.254 e. The van der Waals surface area contributed by atoms with Gasteiger partial charge < -0.3 is 20.4 Å². The van der Waals surface area contributed by atoms with Crippen molar-refractivity contribution >= 4 is 22.9 Å². The molecule has 5 rings (SSSR count). The highest BCUT2D eigenvalue weighted by molar-refractivity contribution is 5.99. The van der Waals surface area contributed by atoms with E-state index < -0.39 is 17.8 Å². The van der Waals surface area contributed by atoms with Crippen molar-refractivity contribution in [1.29, 1.82) is 0 Å². The lowest BCUT2D eigenvalue weighted by atomic mass is 9.88. The number of methoxy groups -OCH3 is 1. The molecule has 0 spiro atoms. The van der Waals surface area contributed by atoms with Crippen molar-refractivity contribution < 1.29 is 13.9 Å². The van der Waals surface area contributed by atoms with E-state index in [2.05, 4.69) is 30.6 Å². The molecule has 1 aliphatic rings. The van der Waals surface area contributed by atoms with Crippen LogP contribution in [0.5, 0.6) is 5.75 Å². The number of imidazole rings is 1. The van der Waals surface area contributed by atoms with E-state index in [0.717, 1.165) is 18.4 Å². The van der Waals surface area contributed by atoms with Crippen molar-refractivity contribution in [3.8, 4) is 16.9 Å². The smallest absolute Gasteiger partial charge is 0.254 e. The second kappa shape index (κ2) is 8.74. The number of halogens is 1. The Bertz CT molecular complexity index is 1370. The van der Waals surface area contributed by atoms with E-state index in [0.29, 0.717) is 39.4 Å². The number of ether oxygens (including phenoxy) is 1. The Morgan fingerprint density at radius 1 is 1.21 bits per heavy atom. The van der Waals surface area contributed by atoms with E-state index in [1.807, 2.05) is 37.3 Å². The van der Waals surface area contributed by atoms with Gasteiger partial charge in [-0.05, 0) is 37.8 Å². The zero-order chi connectivity index (χ0) is 23.8. The van der Waals surface area contributed by atoms with E-state index >= 15 is 4.39 Å². The third-order valence-electron chi connectivity index (χ3n) is 6.07. The standard InChI is InChI=1S/C25H25FN6O2/c1-13-17(15-7-5-4-6-8-15)22(34-3)18(19(20(13)26)25(33)32-16-9-10-16)14(2)31-24-21-23(28-11-27-21)29-12-30-24/h4-8,11-12,14,16H,9-10H2,1-3H3,(H,32,33)(H2,27,28,29,30,31). The number of carbonyl (C=O) groups excluding carboxylic acids is 1. The van der Waals surface area contributed by atoms with Gasteiger partial charge in [0.2, 0.25) is 0 Å². The van der Waals surface area contributed by atoms with E-state index in [1.165, 1.54) is 19.8 Å². The number of aromatic nitrogens is 4. The van der Waals surface area contributed by atoms with Crippen LogP contribution in [0.1, 0.15) is 47.3 Å². The first-order valence-electron chi connectivity index (χ1n) is 11.2. The lowest BCUT2D eigenvalue weighted by molar-refractivity contribution is 0.0945. The topological polar surface area (TPSA) is 105 Å². The number of hydrogen-bond donors (Lipinski definition) is 3. The molecule has 0 aliphatic heterocycles. The van der Waals surface area contributed by atoms with Crippen LogP contribution in [-0.4, -0.2) is 39.0 Å². The minimum atomic E-state index is -0.561. The van der Waals surface area contributed by atoms with Gasteiger partial charge in [-0.25, -0.2) is 19.3 Å². The molecule has 9 heteroatoms. The summed E-state index contributed by atoms with van der Waals surface area (Å²) >= 11 is 0. The van der Waals surface area contributed by atoms with Gasteiger partial charge in [0.1, 0.15) is 23.4 Å². The second-order valence-corrected chi connectivity index (χ2v) is 8.44. The van der Waals surface area contributed by atoms with Gasteiger partial charge in [0.05, 0.1) is 25.0 Å². The van der Waals surface area contributed by atoms with Gasteiger partial charge in [0.25, 0.3) is 5.91 Å². The molecule has 3 N–H and O–H groups in total. The van der Waals surface area contributed by atoms with Crippen molar-refractivity contribution in [2.75, 3.05) is 12.4 Å². The van der Waals surface area contributed by atoms with Gasteiger partial charge in [-0.2, -0.15) is 0 Å². The fourth-order valence-corrected chi connectivity index (χ4v) is 4.27. The predicted molar refractivity (Wildman–Crippen MR) is 127 cm³/mol. The van der Waals surface area contributed by atoms with Crippen molar-refractivity contribution in [3.05, 3.63) is 65.5 Å². The maximum atomic E-state index is 16.0. The van der Waals surface area contributed by atoms with Crippen LogP contribution in [0, 0.1) is 12.7 Å². The quantitative estimate of drug-likeness (QED) is 0.374. The molecule has 1 atom stereocenters. The molecule has 2 aromatic carbocycles. The fraction of sp³-hybridized carbons (Fsp3) is 0.280. The number of fused-ring (bicyclic) bond motifs is 1. The highest BCUT2D eigenvalue weighted by Gasteiger charge is 2.33. The molecule has 1 aliphatic carbocycles. The molecular formula is C25H25FN6O2. The van der Waals surface area contributed by atoms with Gasteiger partial charge in [-0.15, -0.1) is 0 Å². The van der Waals surface area contributed by atoms with Crippen LogP contribution in [0.2, 0.25) is 0 Å². The number of carbonyl (C=O) groups is 1. The SMILES string of the molecule is COc1c(-c2ccccc2)c(C)c(F)c(C(=O)NC2CC2)c1C(C)Nc1ncnc2[nH]cnc12. The average Bonchev–Trinajstić information content (AvgIpc) is 3.52. The van der Waals surface area contributed by atoms with Gasteiger partial charge in [-0.1, -0.05) is 30.3 Å². The van der Waals surface area contributed by atoms with Crippen LogP contribution >= 0.6 is 0 Å². The van der Waals surface area contributed by atoms with Crippen LogP contribution in [-0.2, 0) is 0 Å². The average molecular weight is 461 g/mol. The highest BCUT2D eigenvalue weighted by atomic mass is 19.1. The van der Waals surface area contributed by atoms with Gasteiger partial charge in [0.15, 0.2) is 11.5 Å². The summed E-state index contributed by atoms with van der Waals surface area (Å²) in [6, 6.07) is 9.00. The number of aromatic amines is 1. The summed E-state index contributed by atoms with van der Waals surface area (Å²) < 4.78 is 21.8. The first kappa shape index (κ1) is 21.8. The maximum absolute atomic E-state index is 16.0. The molecular weight excluding hydrogens is 435 g/mol. The Kier molecular flexibility index (Phi) is 5.61. The Morgan fingerprint density at radius 2 is 1.97 bits per heavy atom. The Balaban J connectivity index is 1.69. The molecule has 2 heterocycles. The summed E-state index contributed by atoms with van der Waals surface area (Å²) in [5, 5.41) is 6.22. The Labute approximate surface area is 196 Å². The van der Waals surface area contributed by atoms with Gasteiger partial charge >= 0.3 is 0 Å². The van der Waals surface area contributed by atoms with Crippen molar-refractivity contribution in [3.63, 3.8) is 0 Å². The molecule has 4 aromatic rings. The van der Waals surface area contributed by atoms with Crippen LogP contribution < -0.4 is 15.4 Å². The third-order valence-corrected chi connectivity index (χ3v) is 6.07. The molecule has 1 unspecified atom stereocenters. The predicted octanol–water partition coefficient (Wildman–Crippen LogP) is 4.54. The summed E-state index contributed by atoms with van der Waals surface area (Å²) in [5.74, 6) is -0.0960. The number of benzene rings is 2. The number of anilines is 1. The monoisotopic (exact) mass is 460 g/mol. The van der Waals surface area contributed by atoms with Crippen LogP contribution in [0.25, 0.3) is 22.3 Å². The number of hydrogen-bond acceptors (Lipinski definition) is 6. The summed E-state index contributed by atoms with van der Waals surface area (Å²) in [6.45, 7) is 3.52. The molecule has 1 fully saturated rings. The number of H-pyrrole nitrogens is 1. The number of rotatable bonds is 7. The number of nitrogens with zero attached hydrogens (tertiary/aromatic N) is 3. The molecule has 2 aromatic heterocycles. The van der Waals surface area contributed by atoms with Crippen molar-refractivity contribution in [2.24, 2.45) is 0 Å². The van der Waals surface area contributed by atoms with Crippen molar-refractivity contribution in [2.45, 2.75) is 38.8 Å². The van der Waals surface area contributed by atoms with Crippen LogP contribution in [0.4, 0.5) is 10.2 Å². The molecule has 1 saturated carbocycles. The Morgan fingerprint density at radius 3 is 2.68 bits per heavy atom. The molecule has 174 valence electrons. The lowest BCUT2D eigenvalue weighted by Gasteiger charge is -2.25. The molecule has 8 nitrogen and oxygen atoms in total. The van der Waals surface area contributed by atoms with E-state index in [4.69, 9.17) is 4.74 Å². The first-order valence-corrected chi connectivity index (χ1v) is 11.2. The molecule has 0 bridgehead atoms. The zero-order valence-corrected chi connectivity index (χ0v) is 19.1. The van der Waals surface area contributed by atoms with Gasteiger partial charge in [-0.3, -0.25) is 4.79 Å². The third kappa shape index (κ3) is 3.83. The summed E-state index contributed by atoms with van der Waals surface area (Å²) in [5.41, 5.74) is 3.29. The van der Waals surface area contributed by atoms with Crippen LogP contribution in [0.15, 0.2) is 43.0 Å². The number of nitrogens with one attached hydrogen (secondary N) is 3. The summed E-state index contributed by atoms with van der Waals surface area (Å²) in [4.78, 5) is 29.0. The molecule has 34 heavy (non-hydrogen) atoms. The normalized spacial score (nSPS) is 14.1. The molecule has 1 amide bonds. The minimum Gasteiger partial charge on any atom is -0.496 e. The summed E-state index contributed by atoms with van der Waals surface area (Å²) in [7, 11) is 1.54. The molecule has 0 radical (unpaired) electrons. The second-order valence-electron chi connectivity index (χ2n) is 8.44. The van der Waals surface area contributed by atoms with Gasteiger partial charge in [0, 0.05) is 17.2 Å². The minimum absolute atomic E-state index is 0.0201. The Hall–Kier alpha value is -4.01. The number of amides is 1. The summed E-state index contributed by atoms with van der Waals surface area (Å²) in [6.07, 6.45) is 4.74. The van der Waals surface area contributed by atoms with E-state index in [1.54, 1.807) is 6.92 Å². The van der Waals surface area contributed by atoms with E-state index in [9.17, 15) is 4.79 Å². The molecule has 0 saturated heterocycles. The first-order chi connectivity index (χ1) is 16.5. The van der Waals surface area contributed by atoms with E-state index in [-0.39, 0.29) is 11.6 Å². The largest absolute Gasteiger partial charge is 0.496 e.